The van der Waals surface area contributed by atoms with Gasteiger partial charge in [-0.25, -0.2) is 0 Å². The second-order valence-electron chi connectivity index (χ2n) is 2.53. The zero-order chi connectivity index (χ0) is 13.1. The Labute approximate surface area is 193 Å². The van der Waals surface area contributed by atoms with E-state index in [1.54, 1.807) is 0 Å². The molecule has 0 aliphatic rings. The molecule has 0 spiro atoms. The van der Waals surface area contributed by atoms with Crippen molar-refractivity contribution in [1.82, 2.24) is 0 Å². The molecule has 0 rings (SSSR count). The van der Waals surface area contributed by atoms with Crippen molar-refractivity contribution >= 4 is 23.9 Å². The van der Waals surface area contributed by atoms with E-state index in [4.69, 9.17) is 10.2 Å². The van der Waals surface area contributed by atoms with Gasteiger partial charge < -0.3 is 35.5 Å². The van der Waals surface area contributed by atoms with Gasteiger partial charge in [-0.1, -0.05) is 0 Å². The molecule has 19 heavy (non-hydrogen) atoms. The van der Waals surface area contributed by atoms with E-state index in [1.165, 1.54) is 0 Å². The fraction of sp³-hybridized carbons (Fsp3) is 0.500. The van der Waals surface area contributed by atoms with Crippen molar-refractivity contribution in [3.8, 4) is 0 Å². The van der Waals surface area contributed by atoms with Gasteiger partial charge in [-0.2, -0.15) is 0 Å². The molecule has 0 aliphatic heterocycles. The normalized spacial score (nSPS) is 7.16. The van der Waals surface area contributed by atoms with E-state index in [9.17, 15) is 29.4 Å². The molecule has 0 saturated heterocycles. The molecule has 0 aromatic heterocycles. The van der Waals surface area contributed by atoms with E-state index in [2.05, 4.69) is 0 Å². The molecule has 0 aromatic carbocycles. The van der Waals surface area contributed by atoms with Gasteiger partial charge in [0, 0.05) is 11.9 Å². The maximum Gasteiger partial charge on any atom is 1.00 e. The third-order valence-corrected chi connectivity index (χ3v) is 1.09. The van der Waals surface area contributed by atoms with Gasteiger partial charge in [0.15, 0.2) is 0 Å². The predicted molar refractivity (Wildman–Crippen MR) is 47.4 cm³/mol. The summed E-state index contributed by atoms with van der Waals surface area (Å²) in [5.41, 5.74) is 0. The minimum atomic E-state index is -1.37. The molecular weight excluding hydrogens is 318 g/mol. The Balaban J connectivity index is -0.0000000594. The standard InChI is InChI=1S/2C4H6O4.2K.H2O/c2*5-3(6)1-2-4(7)8;;;/h2*1-2H2,(H,5,6)(H,7,8);;;1H2/q;;2*+1;/p-2. The van der Waals surface area contributed by atoms with Gasteiger partial charge >= 0.3 is 115 Å². The summed E-state index contributed by atoms with van der Waals surface area (Å²) < 4.78 is 0. The third-order valence-electron chi connectivity index (χ3n) is 1.09. The van der Waals surface area contributed by atoms with Gasteiger partial charge in [0.1, 0.15) is 0 Å². The summed E-state index contributed by atoms with van der Waals surface area (Å²) in [6.07, 6.45) is -1.53. The summed E-state index contributed by atoms with van der Waals surface area (Å²) >= 11 is 0. The average Bonchev–Trinajstić information content (AvgIpc) is 2.12. The maximum atomic E-state index is 9.64. The van der Waals surface area contributed by atoms with Crippen molar-refractivity contribution in [1.29, 1.82) is 0 Å². The van der Waals surface area contributed by atoms with Gasteiger partial charge in [0.05, 0.1) is 12.8 Å². The molecule has 0 unspecified atom stereocenters. The number of hydrogen-bond acceptors (Lipinski definition) is 6. The number of rotatable bonds is 6. The fourth-order valence-corrected chi connectivity index (χ4v) is 0.418. The molecule has 4 N–H and O–H groups in total. The molecule has 0 bridgehead atoms. The van der Waals surface area contributed by atoms with Crippen LogP contribution in [-0.2, 0) is 19.2 Å². The molecule has 0 fully saturated rings. The molecular formula is C8H12K2O9. The zero-order valence-electron chi connectivity index (χ0n) is 10.7. The van der Waals surface area contributed by atoms with Gasteiger partial charge in [-0.05, 0) is 12.8 Å². The second-order valence-corrected chi connectivity index (χ2v) is 2.53. The van der Waals surface area contributed by atoms with Gasteiger partial charge in [-0.3, -0.25) is 9.59 Å². The first-order valence-electron chi connectivity index (χ1n) is 4.09. The van der Waals surface area contributed by atoms with Crippen LogP contribution in [0.15, 0.2) is 0 Å². The SMILES string of the molecule is O.O=C(O)CCC(=O)O.O=C([O-])CCC(=O)[O-].[K+].[K+]. The van der Waals surface area contributed by atoms with E-state index >= 15 is 0 Å². The Bertz CT molecular complexity index is 223. The second kappa shape index (κ2) is 21.4. The Morgan fingerprint density at radius 1 is 0.684 bits per heavy atom. The van der Waals surface area contributed by atoms with Crippen LogP contribution in [0.5, 0.6) is 0 Å². The van der Waals surface area contributed by atoms with Crippen LogP contribution in [0.2, 0.25) is 0 Å². The van der Waals surface area contributed by atoms with Crippen LogP contribution in [-0.4, -0.2) is 39.6 Å². The van der Waals surface area contributed by atoms with Crippen LogP contribution in [0.4, 0.5) is 0 Å². The molecule has 0 heterocycles. The smallest absolute Gasteiger partial charge is 0.550 e. The monoisotopic (exact) mass is 330 g/mol. The Hall–Kier alpha value is 1.11. The molecule has 0 amide bonds. The summed E-state index contributed by atoms with van der Waals surface area (Å²) in [5.74, 6) is -4.89. The number of carbonyl (C=O) groups is 4. The van der Waals surface area contributed by atoms with Crippen LogP contribution >= 0.6 is 0 Å². The van der Waals surface area contributed by atoms with Crippen molar-refractivity contribution in [2.24, 2.45) is 0 Å². The van der Waals surface area contributed by atoms with Gasteiger partial charge in [0.25, 0.3) is 0 Å². The largest absolute Gasteiger partial charge is 1.00 e. The van der Waals surface area contributed by atoms with Crippen LogP contribution in [0.25, 0.3) is 0 Å². The van der Waals surface area contributed by atoms with E-state index in [0.29, 0.717) is 0 Å². The zero-order valence-corrected chi connectivity index (χ0v) is 16.9. The minimum absolute atomic E-state index is 0. The molecule has 0 radical (unpaired) electrons. The molecule has 0 aliphatic carbocycles. The summed E-state index contributed by atoms with van der Waals surface area (Å²) in [7, 11) is 0. The van der Waals surface area contributed by atoms with E-state index < -0.39 is 36.7 Å². The number of carbonyl (C=O) groups excluding carboxylic acids is 2. The molecule has 100 valence electrons. The predicted octanol–water partition coefficient (Wildman–Crippen LogP) is -9.61. The first-order valence-corrected chi connectivity index (χ1v) is 4.09. The number of carboxylic acid groups (broad SMARTS) is 4. The van der Waals surface area contributed by atoms with E-state index in [-0.39, 0.29) is 121 Å². The summed E-state index contributed by atoms with van der Waals surface area (Å²) in [6, 6.07) is 0. The van der Waals surface area contributed by atoms with Crippen molar-refractivity contribution in [2.45, 2.75) is 25.7 Å². The molecule has 0 atom stereocenters. The van der Waals surface area contributed by atoms with Crippen LogP contribution < -0.4 is 113 Å². The number of carboxylic acids is 4. The summed E-state index contributed by atoms with van der Waals surface area (Å²) in [5, 5.41) is 34.8. The number of hydrogen-bond donors (Lipinski definition) is 2. The van der Waals surface area contributed by atoms with E-state index in [1.807, 2.05) is 0 Å². The minimum Gasteiger partial charge on any atom is -0.550 e. The first kappa shape index (κ1) is 32.2. The Morgan fingerprint density at radius 2 is 0.895 bits per heavy atom. The fourth-order valence-electron chi connectivity index (χ4n) is 0.418. The molecule has 9 nitrogen and oxygen atoms in total. The van der Waals surface area contributed by atoms with Crippen LogP contribution in [0.1, 0.15) is 25.7 Å². The molecule has 0 aromatic rings. The first-order chi connectivity index (χ1) is 7.25. The van der Waals surface area contributed by atoms with Crippen LogP contribution in [0.3, 0.4) is 0 Å². The van der Waals surface area contributed by atoms with Gasteiger partial charge in [0.2, 0.25) is 0 Å². The van der Waals surface area contributed by atoms with Crippen molar-refractivity contribution < 1.29 is 148 Å². The van der Waals surface area contributed by atoms with Crippen molar-refractivity contribution in [2.75, 3.05) is 0 Å². The third kappa shape index (κ3) is 45.3. The molecule has 11 heteroatoms. The number of aliphatic carboxylic acids is 4. The van der Waals surface area contributed by atoms with Crippen molar-refractivity contribution in [3.05, 3.63) is 0 Å². The van der Waals surface area contributed by atoms with E-state index in [0.717, 1.165) is 0 Å². The quantitative estimate of drug-likeness (QED) is 0.449. The maximum absolute atomic E-state index is 9.64. The molecule has 0 saturated carbocycles. The van der Waals surface area contributed by atoms with Gasteiger partial charge in [-0.15, -0.1) is 0 Å². The summed E-state index contributed by atoms with van der Waals surface area (Å²) in [4.78, 5) is 38.3. The van der Waals surface area contributed by atoms with Crippen LogP contribution in [0, 0.1) is 0 Å². The summed E-state index contributed by atoms with van der Waals surface area (Å²) in [6.45, 7) is 0. The Morgan fingerprint density at radius 3 is 1.00 bits per heavy atom. The van der Waals surface area contributed by atoms with Crippen molar-refractivity contribution in [3.63, 3.8) is 0 Å². The Kier molecular flexibility index (Phi) is 36.3. The topological polar surface area (TPSA) is 186 Å². The average molecular weight is 330 g/mol.